The van der Waals surface area contributed by atoms with Gasteiger partial charge in [0, 0.05) is 18.6 Å². The van der Waals surface area contributed by atoms with Gasteiger partial charge in [-0.25, -0.2) is 8.42 Å². The molecule has 1 aliphatic rings. The van der Waals surface area contributed by atoms with Crippen molar-refractivity contribution in [1.29, 1.82) is 0 Å². The van der Waals surface area contributed by atoms with E-state index in [1.165, 1.54) is 0 Å². The summed E-state index contributed by atoms with van der Waals surface area (Å²) in [5.41, 5.74) is 6.00. The van der Waals surface area contributed by atoms with Crippen LogP contribution in [-0.2, 0) is 10.0 Å². The summed E-state index contributed by atoms with van der Waals surface area (Å²) in [6.07, 6.45) is 2.74. The van der Waals surface area contributed by atoms with Crippen LogP contribution in [0.2, 0.25) is 0 Å². The standard InChI is InChI=1S/C17H28N2O3S/c1-13(2)12-22-15-7-9-16(10-8-15)23(20,21)19-11-5-4-6-17(19)14(3)18/h7-10,13-14,17H,4-6,11-12,18H2,1-3H3. The second kappa shape index (κ2) is 7.64. The highest BCUT2D eigenvalue weighted by Crippen LogP contribution is 2.27. The molecule has 1 aromatic carbocycles. The predicted octanol–water partition coefficient (Wildman–Crippen LogP) is 2.61. The molecule has 1 saturated heterocycles. The fourth-order valence-corrected chi connectivity index (χ4v) is 4.63. The van der Waals surface area contributed by atoms with Gasteiger partial charge in [0.15, 0.2) is 0 Å². The molecule has 2 atom stereocenters. The van der Waals surface area contributed by atoms with Crippen molar-refractivity contribution in [1.82, 2.24) is 4.31 Å². The third kappa shape index (κ3) is 4.46. The van der Waals surface area contributed by atoms with Crippen LogP contribution in [0.4, 0.5) is 0 Å². The molecule has 0 saturated carbocycles. The number of ether oxygens (including phenoxy) is 1. The molecule has 2 rings (SSSR count). The quantitative estimate of drug-likeness (QED) is 0.864. The number of rotatable bonds is 6. The van der Waals surface area contributed by atoms with Crippen molar-refractivity contribution < 1.29 is 13.2 Å². The first-order valence-corrected chi connectivity index (χ1v) is 9.76. The van der Waals surface area contributed by atoms with Gasteiger partial charge in [-0.05, 0) is 49.9 Å². The molecule has 2 N–H and O–H groups in total. The second-order valence-electron chi connectivity index (χ2n) is 6.71. The van der Waals surface area contributed by atoms with Gasteiger partial charge in [0.25, 0.3) is 0 Å². The van der Waals surface area contributed by atoms with Gasteiger partial charge in [-0.3, -0.25) is 0 Å². The van der Waals surface area contributed by atoms with E-state index in [1.54, 1.807) is 28.6 Å². The Balaban J connectivity index is 2.18. The molecule has 0 aliphatic carbocycles. The maximum absolute atomic E-state index is 12.9. The van der Waals surface area contributed by atoms with Gasteiger partial charge in [0.1, 0.15) is 5.75 Å². The van der Waals surface area contributed by atoms with Crippen molar-refractivity contribution in [2.24, 2.45) is 11.7 Å². The van der Waals surface area contributed by atoms with E-state index in [9.17, 15) is 8.42 Å². The summed E-state index contributed by atoms with van der Waals surface area (Å²) in [4.78, 5) is 0.307. The molecule has 0 spiro atoms. The van der Waals surface area contributed by atoms with Crippen LogP contribution in [0.25, 0.3) is 0 Å². The number of benzene rings is 1. The molecule has 1 fully saturated rings. The second-order valence-corrected chi connectivity index (χ2v) is 8.60. The molecule has 0 radical (unpaired) electrons. The first kappa shape index (κ1) is 18.2. The SMILES string of the molecule is CC(C)COc1ccc(S(=O)(=O)N2CCCCC2C(C)N)cc1. The fourth-order valence-electron chi connectivity index (χ4n) is 2.86. The molecule has 0 aromatic heterocycles. The number of hydrogen-bond acceptors (Lipinski definition) is 4. The van der Waals surface area contributed by atoms with Crippen molar-refractivity contribution in [3.05, 3.63) is 24.3 Å². The minimum absolute atomic E-state index is 0.120. The maximum atomic E-state index is 12.9. The van der Waals surface area contributed by atoms with Crippen LogP contribution in [0, 0.1) is 5.92 Å². The van der Waals surface area contributed by atoms with Crippen LogP contribution in [0.3, 0.4) is 0 Å². The van der Waals surface area contributed by atoms with E-state index in [0.717, 1.165) is 19.3 Å². The number of hydrogen-bond donors (Lipinski definition) is 1. The number of nitrogens with two attached hydrogens (primary N) is 1. The molecule has 1 heterocycles. The lowest BCUT2D eigenvalue weighted by molar-refractivity contribution is 0.227. The van der Waals surface area contributed by atoms with Gasteiger partial charge < -0.3 is 10.5 Å². The zero-order valence-corrected chi connectivity index (χ0v) is 15.1. The Morgan fingerprint density at radius 2 is 1.87 bits per heavy atom. The molecule has 23 heavy (non-hydrogen) atoms. The topological polar surface area (TPSA) is 72.6 Å². The molecule has 1 aromatic rings. The zero-order chi connectivity index (χ0) is 17.0. The summed E-state index contributed by atoms with van der Waals surface area (Å²) in [5.74, 6) is 1.12. The Labute approximate surface area is 139 Å². The van der Waals surface area contributed by atoms with Gasteiger partial charge in [-0.1, -0.05) is 20.3 Å². The molecule has 0 amide bonds. The molecular formula is C17H28N2O3S. The minimum atomic E-state index is -3.51. The Morgan fingerprint density at radius 3 is 2.43 bits per heavy atom. The van der Waals surface area contributed by atoms with Crippen molar-refractivity contribution in [2.75, 3.05) is 13.2 Å². The number of sulfonamides is 1. The van der Waals surface area contributed by atoms with E-state index in [-0.39, 0.29) is 12.1 Å². The van der Waals surface area contributed by atoms with Crippen molar-refractivity contribution in [2.45, 2.75) is 57.0 Å². The molecular weight excluding hydrogens is 312 g/mol. The Morgan fingerprint density at radius 1 is 1.22 bits per heavy atom. The van der Waals surface area contributed by atoms with Crippen LogP contribution in [0.1, 0.15) is 40.0 Å². The summed E-state index contributed by atoms with van der Waals surface area (Å²) < 4.78 is 33.0. The number of nitrogens with zero attached hydrogens (tertiary/aromatic N) is 1. The van der Waals surface area contributed by atoms with E-state index < -0.39 is 10.0 Å². The smallest absolute Gasteiger partial charge is 0.243 e. The van der Waals surface area contributed by atoms with Gasteiger partial charge in [0.05, 0.1) is 11.5 Å². The van der Waals surface area contributed by atoms with Crippen molar-refractivity contribution >= 4 is 10.0 Å². The van der Waals surface area contributed by atoms with Gasteiger partial charge in [-0.2, -0.15) is 4.31 Å². The predicted molar refractivity (Wildman–Crippen MR) is 92.0 cm³/mol. The van der Waals surface area contributed by atoms with E-state index >= 15 is 0 Å². The van der Waals surface area contributed by atoms with Gasteiger partial charge in [0.2, 0.25) is 10.0 Å². The minimum Gasteiger partial charge on any atom is -0.493 e. The highest BCUT2D eigenvalue weighted by atomic mass is 32.2. The summed E-state index contributed by atoms with van der Waals surface area (Å²) in [7, 11) is -3.51. The monoisotopic (exact) mass is 340 g/mol. The van der Waals surface area contributed by atoms with Crippen molar-refractivity contribution in [3.8, 4) is 5.75 Å². The Hall–Kier alpha value is -1.11. The van der Waals surface area contributed by atoms with Gasteiger partial charge in [-0.15, -0.1) is 0 Å². The molecule has 6 heteroatoms. The average molecular weight is 340 g/mol. The third-order valence-electron chi connectivity index (χ3n) is 4.12. The van der Waals surface area contributed by atoms with Gasteiger partial charge >= 0.3 is 0 Å². The normalized spacial score (nSPS) is 21.3. The lowest BCUT2D eigenvalue weighted by Gasteiger charge is -2.36. The lowest BCUT2D eigenvalue weighted by atomic mass is 10.00. The van der Waals surface area contributed by atoms with E-state index in [0.29, 0.717) is 29.7 Å². The first-order chi connectivity index (χ1) is 10.8. The van der Waals surface area contributed by atoms with E-state index in [4.69, 9.17) is 10.5 Å². The first-order valence-electron chi connectivity index (χ1n) is 8.32. The summed E-state index contributed by atoms with van der Waals surface area (Å²) in [6, 6.07) is 6.40. The maximum Gasteiger partial charge on any atom is 0.243 e. The van der Waals surface area contributed by atoms with Crippen LogP contribution in [0.15, 0.2) is 29.2 Å². The van der Waals surface area contributed by atoms with E-state index in [2.05, 4.69) is 13.8 Å². The van der Waals surface area contributed by atoms with Crippen LogP contribution in [0.5, 0.6) is 5.75 Å². The Bertz CT molecular complexity index is 597. The number of piperidine rings is 1. The van der Waals surface area contributed by atoms with Crippen LogP contribution < -0.4 is 10.5 Å². The molecule has 5 nitrogen and oxygen atoms in total. The summed E-state index contributed by atoms with van der Waals surface area (Å²) >= 11 is 0. The molecule has 1 aliphatic heterocycles. The summed E-state index contributed by atoms with van der Waals surface area (Å²) in [6.45, 7) is 7.18. The largest absolute Gasteiger partial charge is 0.493 e. The average Bonchev–Trinajstić information content (AvgIpc) is 2.53. The lowest BCUT2D eigenvalue weighted by Crippen LogP contribution is -2.51. The van der Waals surface area contributed by atoms with Crippen LogP contribution in [-0.4, -0.2) is 38.0 Å². The molecule has 2 unspecified atom stereocenters. The highest BCUT2D eigenvalue weighted by molar-refractivity contribution is 7.89. The summed E-state index contributed by atoms with van der Waals surface area (Å²) in [5, 5.41) is 0. The Kier molecular flexibility index (Phi) is 6.06. The zero-order valence-electron chi connectivity index (χ0n) is 14.2. The van der Waals surface area contributed by atoms with Crippen molar-refractivity contribution in [3.63, 3.8) is 0 Å². The fraction of sp³-hybridized carbons (Fsp3) is 0.647. The molecule has 130 valence electrons. The highest BCUT2D eigenvalue weighted by Gasteiger charge is 2.35. The van der Waals surface area contributed by atoms with Crippen LogP contribution >= 0.6 is 0 Å². The van der Waals surface area contributed by atoms with E-state index in [1.807, 2.05) is 6.92 Å². The third-order valence-corrected chi connectivity index (χ3v) is 6.06. The molecule has 0 bridgehead atoms.